The minimum absolute atomic E-state index is 0.172. The van der Waals surface area contributed by atoms with Crippen molar-refractivity contribution in [3.63, 3.8) is 0 Å². The van der Waals surface area contributed by atoms with Crippen molar-refractivity contribution in [1.29, 1.82) is 0 Å². The van der Waals surface area contributed by atoms with Crippen molar-refractivity contribution in [1.82, 2.24) is 9.38 Å². The molecule has 12 heteroatoms. The molecule has 0 aliphatic rings. The van der Waals surface area contributed by atoms with Gasteiger partial charge < -0.3 is 4.40 Å². The molecule has 162 valence electrons. The zero-order chi connectivity index (χ0) is 23.0. The summed E-state index contributed by atoms with van der Waals surface area (Å²) in [6.45, 7) is 1.19. The molecule has 11 nitrogen and oxygen atoms in total. The van der Waals surface area contributed by atoms with E-state index >= 15 is 0 Å². The molecule has 0 spiro atoms. The Kier molecular flexibility index (Phi) is 5.06. The number of sulfonamides is 1. The third-order valence-electron chi connectivity index (χ3n) is 4.80. The van der Waals surface area contributed by atoms with Gasteiger partial charge in [-0.1, -0.05) is 18.2 Å². The number of nitro groups is 2. The number of hydrogen-bond acceptors (Lipinski definition) is 7. The Morgan fingerprint density at radius 1 is 0.969 bits per heavy atom. The van der Waals surface area contributed by atoms with Gasteiger partial charge >= 0.3 is 0 Å². The second-order valence-electron chi connectivity index (χ2n) is 6.88. The number of imidazole rings is 1. The minimum Gasteiger partial charge on any atom is -0.306 e. The summed E-state index contributed by atoms with van der Waals surface area (Å²) in [5.41, 5.74) is 0.593. The minimum atomic E-state index is -4.35. The lowest BCUT2D eigenvalue weighted by Gasteiger charge is -2.10. The standard InChI is InChI=1S/C20H15N5O6S/c1-13-18(24(26)27)10-16(11-19(13)25(28)29)32(30,31)22-15-6-4-5-14(9-15)17-12-23-8-3-2-7-20(23)21-17/h2-12,22H,1H3. The summed E-state index contributed by atoms with van der Waals surface area (Å²) < 4.78 is 29.9. The van der Waals surface area contributed by atoms with Crippen molar-refractivity contribution in [3.05, 3.63) is 92.8 Å². The number of anilines is 1. The van der Waals surface area contributed by atoms with Crippen molar-refractivity contribution in [2.75, 3.05) is 4.72 Å². The van der Waals surface area contributed by atoms with Crippen LogP contribution in [-0.4, -0.2) is 27.6 Å². The van der Waals surface area contributed by atoms with Crippen molar-refractivity contribution in [3.8, 4) is 11.3 Å². The Labute approximate surface area is 181 Å². The van der Waals surface area contributed by atoms with Crippen LogP contribution in [0.15, 0.2) is 71.9 Å². The van der Waals surface area contributed by atoms with Crippen LogP contribution < -0.4 is 4.72 Å². The Hall–Kier alpha value is -4.32. The van der Waals surface area contributed by atoms with Gasteiger partial charge in [-0.25, -0.2) is 13.4 Å². The predicted molar refractivity (Wildman–Crippen MR) is 116 cm³/mol. The molecule has 0 atom stereocenters. The van der Waals surface area contributed by atoms with Gasteiger partial charge in [-0.2, -0.15) is 0 Å². The molecular formula is C20H15N5O6S. The van der Waals surface area contributed by atoms with E-state index in [0.717, 1.165) is 12.1 Å². The van der Waals surface area contributed by atoms with Gasteiger partial charge in [-0.15, -0.1) is 0 Å². The lowest BCUT2D eigenvalue weighted by Crippen LogP contribution is -2.14. The Balaban J connectivity index is 1.72. The molecule has 4 aromatic rings. The van der Waals surface area contributed by atoms with Gasteiger partial charge in [0.25, 0.3) is 21.4 Å². The van der Waals surface area contributed by atoms with E-state index < -0.39 is 36.1 Å². The Morgan fingerprint density at radius 3 is 2.28 bits per heavy atom. The zero-order valence-corrected chi connectivity index (χ0v) is 17.3. The van der Waals surface area contributed by atoms with Gasteiger partial charge in [0.2, 0.25) is 0 Å². The van der Waals surface area contributed by atoms with Crippen LogP contribution in [0.4, 0.5) is 17.1 Å². The number of nitrogens with zero attached hydrogens (tertiary/aromatic N) is 4. The molecule has 0 aliphatic carbocycles. The Bertz CT molecular complexity index is 1430. The van der Waals surface area contributed by atoms with E-state index in [1.165, 1.54) is 13.0 Å². The molecule has 2 heterocycles. The van der Waals surface area contributed by atoms with E-state index in [4.69, 9.17) is 0 Å². The van der Waals surface area contributed by atoms with E-state index in [0.29, 0.717) is 16.9 Å². The second-order valence-corrected chi connectivity index (χ2v) is 8.56. The number of nitro benzene ring substituents is 2. The summed E-state index contributed by atoms with van der Waals surface area (Å²) >= 11 is 0. The van der Waals surface area contributed by atoms with E-state index in [2.05, 4.69) is 9.71 Å². The molecule has 0 unspecified atom stereocenters. The molecule has 4 rings (SSSR count). The largest absolute Gasteiger partial charge is 0.306 e. The molecule has 2 aromatic carbocycles. The third-order valence-corrected chi connectivity index (χ3v) is 6.17. The van der Waals surface area contributed by atoms with Crippen LogP contribution in [0.2, 0.25) is 0 Å². The maximum atomic E-state index is 12.9. The van der Waals surface area contributed by atoms with Crippen LogP contribution in [0.5, 0.6) is 0 Å². The smallest absolute Gasteiger partial charge is 0.280 e. The fourth-order valence-electron chi connectivity index (χ4n) is 3.22. The van der Waals surface area contributed by atoms with Crippen LogP contribution in [0.3, 0.4) is 0 Å². The molecule has 0 fully saturated rings. The van der Waals surface area contributed by atoms with Gasteiger partial charge in [-0.05, 0) is 31.2 Å². The van der Waals surface area contributed by atoms with Crippen molar-refractivity contribution >= 4 is 32.7 Å². The van der Waals surface area contributed by atoms with Crippen molar-refractivity contribution in [2.24, 2.45) is 0 Å². The molecule has 32 heavy (non-hydrogen) atoms. The first-order valence-electron chi connectivity index (χ1n) is 9.16. The third kappa shape index (κ3) is 3.86. The number of hydrogen-bond donors (Lipinski definition) is 1. The number of rotatable bonds is 6. The average molecular weight is 453 g/mol. The lowest BCUT2D eigenvalue weighted by atomic mass is 10.1. The van der Waals surface area contributed by atoms with Crippen molar-refractivity contribution in [2.45, 2.75) is 11.8 Å². The number of aromatic nitrogens is 2. The van der Waals surface area contributed by atoms with E-state index in [1.807, 2.05) is 28.8 Å². The van der Waals surface area contributed by atoms with Crippen LogP contribution in [0.1, 0.15) is 5.56 Å². The average Bonchev–Trinajstić information content (AvgIpc) is 3.17. The highest BCUT2D eigenvalue weighted by atomic mass is 32.2. The molecule has 0 aliphatic heterocycles. The highest BCUT2D eigenvalue weighted by molar-refractivity contribution is 7.92. The molecule has 0 radical (unpaired) electrons. The topological polar surface area (TPSA) is 150 Å². The molecule has 0 amide bonds. The highest BCUT2D eigenvalue weighted by Gasteiger charge is 2.28. The van der Waals surface area contributed by atoms with E-state index in [-0.39, 0.29) is 11.3 Å². The predicted octanol–water partition coefficient (Wildman–Crippen LogP) is 3.93. The Morgan fingerprint density at radius 2 is 1.66 bits per heavy atom. The monoisotopic (exact) mass is 453 g/mol. The summed E-state index contributed by atoms with van der Waals surface area (Å²) in [6, 6.07) is 13.5. The number of benzene rings is 2. The van der Waals surface area contributed by atoms with Crippen LogP contribution in [0.25, 0.3) is 16.9 Å². The molecule has 0 saturated carbocycles. The van der Waals surface area contributed by atoms with Crippen LogP contribution >= 0.6 is 0 Å². The first kappa shape index (κ1) is 20.9. The SMILES string of the molecule is Cc1c([N+](=O)[O-])cc(S(=O)(=O)Nc2cccc(-c3cn4ccccc4n3)c2)cc1[N+](=O)[O-]. The molecule has 2 aromatic heterocycles. The van der Waals surface area contributed by atoms with Gasteiger partial charge in [0.15, 0.2) is 0 Å². The second kappa shape index (κ2) is 7.74. The molecule has 1 N–H and O–H groups in total. The van der Waals surface area contributed by atoms with Crippen LogP contribution in [0, 0.1) is 27.2 Å². The van der Waals surface area contributed by atoms with Crippen molar-refractivity contribution < 1.29 is 18.3 Å². The fraction of sp³-hybridized carbons (Fsp3) is 0.0500. The van der Waals surface area contributed by atoms with E-state index in [9.17, 15) is 28.6 Å². The van der Waals surface area contributed by atoms with E-state index in [1.54, 1.807) is 24.4 Å². The van der Waals surface area contributed by atoms with Gasteiger partial charge in [0, 0.05) is 35.8 Å². The number of fused-ring (bicyclic) bond motifs is 1. The summed E-state index contributed by atoms with van der Waals surface area (Å²) in [4.78, 5) is 24.7. The molecule has 0 bridgehead atoms. The maximum Gasteiger partial charge on any atom is 0.280 e. The van der Waals surface area contributed by atoms with Gasteiger partial charge in [0.1, 0.15) is 16.1 Å². The summed E-state index contributed by atoms with van der Waals surface area (Å²) in [7, 11) is -4.35. The molecule has 0 saturated heterocycles. The quantitative estimate of drug-likeness (QED) is 0.343. The van der Waals surface area contributed by atoms with Crippen LogP contribution in [-0.2, 0) is 10.0 Å². The molecular weight excluding hydrogens is 438 g/mol. The summed E-state index contributed by atoms with van der Waals surface area (Å²) in [5.74, 6) is 0. The number of pyridine rings is 1. The highest BCUT2D eigenvalue weighted by Crippen LogP contribution is 2.32. The summed E-state index contributed by atoms with van der Waals surface area (Å²) in [5, 5.41) is 22.5. The normalized spacial score (nSPS) is 11.4. The zero-order valence-electron chi connectivity index (χ0n) is 16.5. The lowest BCUT2D eigenvalue weighted by molar-refractivity contribution is -0.395. The first-order chi connectivity index (χ1) is 15.2. The fourth-order valence-corrected chi connectivity index (χ4v) is 4.31. The van der Waals surface area contributed by atoms with Gasteiger partial charge in [-0.3, -0.25) is 25.0 Å². The maximum absolute atomic E-state index is 12.9. The van der Waals surface area contributed by atoms with Gasteiger partial charge in [0.05, 0.1) is 15.5 Å². The summed E-state index contributed by atoms with van der Waals surface area (Å²) in [6.07, 6.45) is 3.62. The number of nitrogens with one attached hydrogen (secondary N) is 1. The first-order valence-corrected chi connectivity index (χ1v) is 10.6.